The van der Waals surface area contributed by atoms with Gasteiger partial charge >= 0.3 is 12.2 Å². The van der Waals surface area contributed by atoms with Crippen LogP contribution in [0.4, 0.5) is 21.0 Å². The number of amides is 8. The number of rotatable bonds is 29. The predicted octanol–water partition coefficient (Wildman–Crippen LogP) is 7.86. The van der Waals surface area contributed by atoms with E-state index in [2.05, 4.69) is 42.5 Å². The molecule has 0 bridgehead atoms. The zero-order valence-electron chi connectivity index (χ0n) is 50.7. The molecule has 22 heteroatoms. The van der Waals surface area contributed by atoms with E-state index in [4.69, 9.17) is 18.9 Å². The van der Waals surface area contributed by atoms with E-state index in [1.807, 2.05) is 44.2 Å². The van der Waals surface area contributed by atoms with Gasteiger partial charge in [0.1, 0.15) is 24.8 Å². The summed E-state index contributed by atoms with van der Waals surface area (Å²) >= 11 is 3.08. The fourth-order valence-electron chi connectivity index (χ4n) is 10.9. The Bertz CT molecular complexity index is 2480. The van der Waals surface area contributed by atoms with Gasteiger partial charge in [-0.15, -0.1) is 0 Å². The summed E-state index contributed by atoms with van der Waals surface area (Å²) in [6, 6.07) is 9.98. The number of nitrogens with zero attached hydrogens (tertiary/aromatic N) is 3. The standard InChI is InChI=1S/C61H93BrN8O13/c1-13-39(6)54(48(80-11)34-51(73)70-32-22-27-47(70)56(81-12)40(7)57(75)64-41(8)55(74)43-23-18-17-19-24-43)68(9)59(77)52(37(2)3)67-58(76)53(38(4)5)69(10)61(79)82-36-42-28-29-45(46(33-42)65-49(71)30-31-63-50(72)35-62)66-60(78)83-44-25-20-15-14-16-21-26-44/h17-20,23-25,28-29,33,37-41,44,47-48,52-56,74H,13-16,21-22,26-27,30-32,34-36H2,1-12H3,(H,63,72)(H,64,75)(H,65,71)(H,66,78)(H,67,76)/t39-,40+,41+,44?,47-,48+,52-,53-,54-,55+,56+/m0/s1. The quantitative estimate of drug-likeness (QED) is 0.0335. The molecule has 1 aliphatic carbocycles. The van der Waals surface area contributed by atoms with Gasteiger partial charge in [0.15, 0.2) is 0 Å². The maximum absolute atomic E-state index is 14.8. The van der Waals surface area contributed by atoms with Crippen LogP contribution in [0.2, 0.25) is 0 Å². The lowest BCUT2D eigenvalue weighted by atomic mass is 9.89. The molecule has 2 aromatic carbocycles. The van der Waals surface area contributed by atoms with Crippen molar-refractivity contribution in [3.8, 4) is 0 Å². The molecule has 1 aliphatic heterocycles. The summed E-state index contributed by atoms with van der Waals surface area (Å²) in [5, 5.41) is 25.0. The monoisotopic (exact) mass is 1220 g/mol. The fourth-order valence-corrected chi connectivity index (χ4v) is 11.1. The van der Waals surface area contributed by atoms with Crippen LogP contribution in [-0.4, -0.2) is 163 Å². The number of carbonyl (C=O) groups is 8. The molecule has 0 aromatic heterocycles. The zero-order chi connectivity index (χ0) is 61.5. The Balaban J connectivity index is 1.46. The Hall–Kier alpha value is -6.10. The van der Waals surface area contributed by atoms with Crippen LogP contribution in [0.1, 0.15) is 137 Å². The maximum Gasteiger partial charge on any atom is 0.412 e. The third-order valence-electron chi connectivity index (χ3n) is 15.8. The molecule has 0 saturated carbocycles. The molecule has 2 aliphatic rings. The average molecular weight is 1230 g/mol. The van der Waals surface area contributed by atoms with E-state index in [1.54, 1.807) is 88.7 Å². The molecule has 1 saturated heterocycles. The fraction of sp³-hybridized carbons (Fsp3) is 0.639. The number of hydrogen-bond donors (Lipinski definition) is 6. The number of ether oxygens (including phenoxy) is 4. The van der Waals surface area contributed by atoms with Gasteiger partial charge in [-0.3, -0.25) is 39.0 Å². The minimum Gasteiger partial charge on any atom is -0.445 e. The van der Waals surface area contributed by atoms with Crippen molar-refractivity contribution < 1.29 is 62.4 Å². The van der Waals surface area contributed by atoms with E-state index in [1.165, 1.54) is 26.2 Å². The second-order valence-corrected chi connectivity index (χ2v) is 23.2. The van der Waals surface area contributed by atoms with Crippen LogP contribution in [0.25, 0.3) is 0 Å². The van der Waals surface area contributed by atoms with Crippen molar-refractivity contribution in [2.75, 3.05) is 57.4 Å². The zero-order valence-corrected chi connectivity index (χ0v) is 52.3. The summed E-state index contributed by atoms with van der Waals surface area (Å²) in [5.41, 5.74) is 1.52. The molecule has 83 heavy (non-hydrogen) atoms. The first kappa shape index (κ1) is 69.4. The number of methoxy groups -OCH3 is 2. The molecule has 1 fully saturated rings. The van der Waals surface area contributed by atoms with E-state index in [9.17, 15) is 43.5 Å². The smallest absolute Gasteiger partial charge is 0.412 e. The summed E-state index contributed by atoms with van der Waals surface area (Å²) in [6.45, 7) is 14.8. The molecular weight excluding hydrogens is 1130 g/mol. The third-order valence-corrected chi connectivity index (χ3v) is 16.3. The summed E-state index contributed by atoms with van der Waals surface area (Å²) in [4.78, 5) is 114. The van der Waals surface area contributed by atoms with Gasteiger partial charge in [0.2, 0.25) is 35.4 Å². The van der Waals surface area contributed by atoms with E-state index in [-0.39, 0.29) is 66.3 Å². The number of aliphatic hydroxyl groups is 1. The number of likely N-dealkylation sites (tertiary alicyclic amines) is 1. The lowest BCUT2D eigenvalue weighted by molar-refractivity contribution is -0.148. The van der Waals surface area contributed by atoms with Crippen LogP contribution in [0.5, 0.6) is 0 Å². The van der Waals surface area contributed by atoms with Crippen LogP contribution in [0.15, 0.2) is 60.7 Å². The molecule has 1 unspecified atom stereocenters. The van der Waals surface area contributed by atoms with Crippen molar-refractivity contribution in [3.63, 3.8) is 0 Å². The first-order valence-corrected chi connectivity index (χ1v) is 30.3. The molecule has 21 nitrogen and oxygen atoms in total. The summed E-state index contributed by atoms with van der Waals surface area (Å²) in [6.07, 6.45) is 5.88. The van der Waals surface area contributed by atoms with Gasteiger partial charge in [-0.2, -0.15) is 0 Å². The Morgan fingerprint density at radius 1 is 0.795 bits per heavy atom. The Labute approximate surface area is 499 Å². The van der Waals surface area contributed by atoms with Crippen molar-refractivity contribution >= 4 is 74.9 Å². The summed E-state index contributed by atoms with van der Waals surface area (Å²) < 4.78 is 23.5. The molecule has 6 N–H and O–H groups in total. The highest BCUT2D eigenvalue weighted by Crippen LogP contribution is 2.31. The Kier molecular flexibility index (Phi) is 28.9. The van der Waals surface area contributed by atoms with Crippen LogP contribution in [-0.2, 0) is 54.3 Å². The van der Waals surface area contributed by atoms with Crippen molar-refractivity contribution in [3.05, 3.63) is 71.8 Å². The molecule has 2 aromatic rings. The minimum absolute atomic E-state index is 0.0626. The van der Waals surface area contributed by atoms with E-state index < -0.39 is 102 Å². The van der Waals surface area contributed by atoms with Crippen molar-refractivity contribution in [2.45, 2.75) is 181 Å². The van der Waals surface area contributed by atoms with Crippen LogP contribution >= 0.6 is 15.9 Å². The third kappa shape index (κ3) is 20.6. The van der Waals surface area contributed by atoms with Crippen LogP contribution < -0.4 is 26.6 Å². The maximum atomic E-state index is 14.8. The number of hydrogen-bond acceptors (Lipinski definition) is 13. The lowest BCUT2D eigenvalue weighted by Crippen LogP contribution is -2.60. The SMILES string of the molecule is CC[C@H](C)[C@@H]([C@@H](CC(=O)N1CCC[C@H]1[C@H](OC)[C@@H](C)C(=O)N[C@H](C)[C@@H](O)c1ccccc1)OC)N(C)C(=O)[C@@H](NC(=O)[C@H](C(C)C)N(C)C(=O)OCc1ccc(NC(=O)OC2C=CCCCCC2)c(NC(=O)CCNC(=O)CBr)c1)C(C)C. The highest BCUT2D eigenvalue weighted by atomic mass is 79.9. The number of anilines is 2. The minimum atomic E-state index is -1.09. The van der Waals surface area contributed by atoms with Gasteiger partial charge in [-0.25, -0.2) is 9.59 Å². The van der Waals surface area contributed by atoms with Crippen LogP contribution in [0.3, 0.4) is 0 Å². The van der Waals surface area contributed by atoms with E-state index in [0.29, 0.717) is 43.4 Å². The molecular formula is C61H93BrN8O13. The number of likely N-dealkylation sites (N-methyl/N-ethyl adjacent to an activating group) is 2. The van der Waals surface area contributed by atoms with Crippen molar-refractivity contribution in [1.29, 1.82) is 0 Å². The molecule has 4 rings (SSSR count). The number of carbonyl (C=O) groups excluding carboxylic acids is 8. The van der Waals surface area contributed by atoms with E-state index >= 15 is 0 Å². The lowest BCUT2D eigenvalue weighted by Gasteiger charge is -2.41. The summed E-state index contributed by atoms with van der Waals surface area (Å²) in [7, 11) is 6.10. The Morgan fingerprint density at radius 2 is 1.51 bits per heavy atom. The number of alkyl halides is 1. The number of halogens is 1. The molecule has 8 amide bonds. The Morgan fingerprint density at radius 3 is 2.14 bits per heavy atom. The average Bonchev–Trinajstić information content (AvgIpc) is 4.15. The normalized spacial score (nSPS) is 18.6. The molecule has 0 radical (unpaired) electrons. The number of benzene rings is 2. The van der Waals surface area contributed by atoms with Crippen molar-refractivity contribution in [2.24, 2.45) is 23.7 Å². The van der Waals surface area contributed by atoms with Gasteiger partial charge in [0.05, 0.1) is 65.5 Å². The largest absolute Gasteiger partial charge is 0.445 e. The molecule has 0 spiro atoms. The second-order valence-electron chi connectivity index (χ2n) is 22.6. The van der Waals surface area contributed by atoms with Gasteiger partial charge in [-0.05, 0) is 92.5 Å². The highest BCUT2D eigenvalue weighted by Gasteiger charge is 2.44. The van der Waals surface area contributed by atoms with Gasteiger partial charge in [0.25, 0.3) is 0 Å². The number of aliphatic hydroxyl groups excluding tert-OH is 1. The van der Waals surface area contributed by atoms with E-state index in [0.717, 1.165) is 25.7 Å². The second kappa shape index (κ2) is 34.6. The topological polar surface area (TPSA) is 264 Å². The van der Waals surface area contributed by atoms with Gasteiger partial charge in [-0.1, -0.05) is 120 Å². The summed E-state index contributed by atoms with van der Waals surface area (Å²) in [5.74, 6) is -4.01. The van der Waals surface area contributed by atoms with Gasteiger partial charge in [0, 0.05) is 47.8 Å². The van der Waals surface area contributed by atoms with Gasteiger partial charge < -0.3 is 55.1 Å². The highest BCUT2D eigenvalue weighted by molar-refractivity contribution is 9.09. The first-order chi connectivity index (χ1) is 39.5. The van der Waals surface area contributed by atoms with Crippen LogP contribution in [0, 0.1) is 23.7 Å². The first-order valence-electron chi connectivity index (χ1n) is 29.2. The van der Waals surface area contributed by atoms with Crippen molar-refractivity contribution in [1.82, 2.24) is 30.7 Å². The number of allylic oxidation sites excluding steroid dienone is 1. The number of nitrogens with one attached hydrogen (secondary N) is 5. The molecule has 462 valence electrons. The predicted molar refractivity (Wildman–Crippen MR) is 321 cm³/mol. The molecule has 11 atom stereocenters. The molecule has 1 heterocycles.